The van der Waals surface area contributed by atoms with Crippen LogP contribution in [0.3, 0.4) is 0 Å². The van der Waals surface area contributed by atoms with Crippen LogP contribution in [0.25, 0.3) is 0 Å². The molecule has 0 aliphatic heterocycles. The third kappa shape index (κ3) is 9.81. The Bertz CT molecular complexity index is 12.8. The molecule has 26 valence electrons. The van der Waals surface area contributed by atoms with E-state index in [2.05, 4.69) is 6.66 Å². The topological polar surface area (TPSA) is 0 Å². The number of rotatable bonds is 0. The van der Waals surface area contributed by atoms with E-state index in [-0.39, 0.29) is 0 Å². The van der Waals surface area contributed by atoms with E-state index in [0.717, 1.165) is 0 Å². The first-order chi connectivity index (χ1) is 1.73. The number of hydrogen-bond donors (Lipinski definition) is 0. The van der Waals surface area contributed by atoms with Crippen molar-refractivity contribution in [2.24, 2.45) is 0 Å². The van der Waals surface area contributed by atoms with Gasteiger partial charge in [0.25, 0.3) is 0 Å². The van der Waals surface area contributed by atoms with Crippen molar-refractivity contribution >= 4 is 37.4 Å². The van der Waals surface area contributed by atoms with Crippen LogP contribution < -0.4 is 0 Å². The summed E-state index contributed by atoms with van der Waals surface area (Å²) in [6, 6.07) is 0. The zero-order chi connectivity index (χ0) is 3.58. The summed E-state index contributed by atoms with van der Waals surface area (Å²) in [7, 11) is 1.47. The van der Waals surface area contributed by atoms with Crippen molar-refractivity contribution in [2.45, 2.75) is 0 Å². The van der Waals surface area contributed by atoms with Crippen LogP contribution in [-0.2, 0) is 0 Å². The molecule has 0 saturated carbocycles. The van der Waals surface area contributed by atoms with Gasteiger partial charge in [0.05, 0.1) is 0 Å². The molecule has 1 unspecified atom stereocenters. The van der Waals surface area contributed by atoms with Crippen LogP contribution in [0.4, 0.5) is 0 Å². The average molecular weight is 201 g/mol. The molecule has 0 bridgehead atoms. The van der Waals surface area contributed by atoms with Gasteiger partial charge in [0.1, 0.15) is 0 Å². The molecule has 0 aromatic carbocycles. The van der Waals surface area contributed by atoms with Gasteiger partial charge < -0.3 is 0 Å². The third-order valence-electron chi connectivity index (χ3n) is 0. The van der Waals surface area contributed by atoms with Crippen LogP contribution in [-0.4, -0.2) is 39.0 Å². The summed E-state index contributed by atoms with van der Waals surface area (Å²) in [4.78, 5) is 0. The molecule has 0 fully saturated rings. The molecule has 0 aliphatic rings. The summed E-state index contributed by atoms with van der Waals surface area (Å²) in [5.41, 5.74) is 0. The van der Waals surface area contributed by atoms with Gasteiger partial charge in [0, 0.05) is 0 Å². The summed E-state index contributed by atoms with van der Waals surface area (Å²) in [5.74, 6) is 0. The molecule has 1 atom stereocenters. The van der Waals surface area contributed by atoms with Crippen molar-refractivity contribution in [3.8, 4) is 0 Å². The van der Waals surface area contributed by atoms with Crippen molar-refractivity contribution in [3.63, 3.8) is 0 Å². The maximum absolute atomic E-state index is 2.35. The maximum atomic E-state index is 2.35. The summed E-state index contributed by atoms with van der Waals surface area (Å²) in [6.45, 7) is 2.35. The molecule has 4 heavy (non-hydrogen) atoms. The normalized spacial score (nSPS) is 16.5. The molecule has 0 rings (SSSR count). The van der Waals surface area contributed by atoms with E-state index >= 15 is 0 Å². The average Bonchev–Trinajstić information content (AvgIpc) is 0.811. The molecule has 0 nitrogen and oxygen atoms in total. The Morgan fingerprint density at radius 2 is 2.00 bits per heavy atom. The van der Waals surface area contributed by atoms with Crippen molar-refractivity contribution in [2.75, 3.05) is 6.66 Å². The second-order valence-corrected chi connectivity index (χ2v) is 24.8. The molecule has 0 heterocycles. The van der Waals surface area contributed by atoms with E-state index in [1.165, 1.54) is 32.4 Å². The Morgan fingerprint density at radius 1 is 2.00 bits per heavy atom. The summed E-state index contributed by atoms with van der Waals surface area (Å²) >= 11 is 1.53. The molecule has 0 saturated heterocycles. The first-order valence-corrected chi connectivity index (χ1v) is 10.6. The van der Waals surface area contributed by atoms with Crippen LogP contribution in [0.5, 0.6) is 0 Å². The molecular formula is CH8PSbSi. The van der Waals surface area contributed by atoms with Gasteiger partial charge in [-0.15, -0.1) is 0 Å². The van der Waals surface area contributed by atoms with Crippen LogP contribution in [0, 0.1) is 0 Å². The van der Waals surface area contributed by atoms with Crippen LogP contribution in [0.1, 0.15) is 0 Å². The van der Waals surface area contributed by atoms with E-state index in [0.29, 0.717) is 5.04 Å². The van der Waals surface area contributed by atoms with Gasteiger partial charge in [-0.1, -0.05) is 0 Å². The summed E-state index contributed by atoms with van der Waals surface area (Å²) < 4.78 is 0. The van der Waals surface area contributed by atoms with E-state index in [1.807, 2.05) is 0 Å². The third-order valence-corrected chi connectivity index (χ3v) is 0. The van der Waals surface area contributed by atoms with Crippen molar-refractivity contribution < 1.29 is 0 Å². The number of hydrogen-bond acceptors (Lipinski definition) is 0. The Labute approximate surface area is 44.2 Å². The molecule has 0 aromatic heterocycles. The van der Waals surface area contributed by atoms with Crippen molar-refractivity contribution in [1.29, 1.82) is 0 Å². The van der Waals surface area contributed by atoms with Crippen LogP contribution >= 0.6 is 5.04 Å². The molecule has 0 N–H and O–H groups in total. The Hall–Kier alpha value is 1.47. The zero-order valence-electron chi connectivity index (χ0n) is 3.02. The minimum absolute atomic E-state index is 0.649. The second kappa shape index (κ2) is 2.69. The predicted octanol–water partition coefficient (Wildman–Crippen LogP) is -1.07. The van der Waals surface area contributed by atoms with Gasteiger partial charge in [-0.05, 0) is 0 Å². The van der Waals surface area contributed by atoms with E-state index in [9.17, 15) is 0 Å². The van der Waals surface area contributed by atoms with Crippen molar-refractivity contribution in [3.05, 3.63) is 0 Å². The quantitative estimate of drug-likeness (QED) is 0.345. The fraction of sp³-hybridized carbons (Fsp3) is 1.00. The van der Waals surface area contributed by atoms with Gasteiger partial charge in [-0.2, -0.15) is 0 Å². The standard InChI is InChI=1S/CH6PSi.Sb.2H/c1-2-3;;;/h1,3H3;;;/q-1;+1;;. The molecule has 0 aromatic rings. The first kappa shape index (κ1) is 5.47. The Kier molecular flexibility index (Phi) is 3.67. The van der Waals surface area contributed by atoms with Gasteiger partial charge in [-0.25, -0.2) is 0 Å². The molecule has 0 radical (unpaired) electrons. The second-order valence-electron chi connectivity index (χ2n) is 0.964. The summed E-state index contributed by atoms with van der Waals surface area (Å²) in [5, 5.41) is 0.649. The molecule has 0 spiro atoms. The van der Waals surface area contributed by atoms with Crippen LogP contribution in [0.15, 0.2) is 0 Å². The molecule has 0 aliphatic carbocycles. The van der Waals surface area contributed by atoms with E-state index < -0.39 is 0 Å². The van der Waals surface area contributed by atoms with Crippen molar-refractivity contribution in [1.82, 2.24) is 0 Å². The van der Waals surface area contributed by atoms with Gasteiger partial charge in [0.2, 0.25) is 0 Å². The van der Waals surface area contributed by atoms with Gasteiger partial charge >= 0.3 is 44.1 Å². The first-order valence-electron chi connectivity index (χ1n) is 1.15. The predicted molar refractivity (Wildman–Crippen MR) is 31.3 cm³/mol. The van der Waals surface area contributed by atoms with E-state index in [1.54, 1.807) is 0 Å². The Balaban J connectivity index is 2.32. The SMILES string of the molecule is C[P]([SiH3])[SbH2]. The molecular weight excluding hydrogens is 193 g/mol. The Morgan fingerprint density at radius 3 is 2.00 bits per heavy atom. The van der Waals surface area contributed by atoms with Gasteiger partial charge in [0.15, 0.2) is 0 Å². The summed E-state index contributed by atoms with van der Waals surface area (Å²) in [6.07, 6.45) is 0. The fourth-order valence-corrected chi connectivity index (χ4v) is 0. The molecule has 0 amide bonds. The molecule has 3 heteroatoms. The van der Waals surface area contributed by atoms with Gasteiger partial charge in [-0.3, -0.25) is 0 Å². The van der Waals surface area contributed by atoms with E-state index in [4.69, 9.17) is 0 Å². The zero-order valence-corrected chi connectivity index (χ0v) is 9.21. The van der Waals surface area contributed by atoms with Crippen LogP contribution in [0.2, 0.25) is 0 Å². The fourth-order valence-electron chi connectivity index (χ4n) is 0. The minimum atomic E-state index is 0.649. The monoisotopic (exact) mass is 200 g/mol.